The molecule has 0 aliphatic carbocycles. The number of nitrogens with one attached hydrogen (secondary N) is 2. The lowest BCUT2D eigenvalue weighted by molar-refractivity contribution is -0.132. The fraction of sp³-hybridized carbons (Fsp3) is 0.111. The Bertz CT molecular complexity index is 477. The minimum absolute atomic E-state index is 0.00463. The van der Waals surface area contributed by atoms with Crippen LogP contribution in [0.25, 0.3) is 0 Å². The lowest BCUT2D eigenvalue weighted by Gasteiger charge is -2.15. The molecule has 0 radical (unpaired) electrons. The molecule has 7 nitrogen and oxygen atoms in total. The molecule has 0 aromatic heterocycles. The molecule has 7 heteroatoms. The molecule has 1 aliphatic rings. The van der Waals surface area contributed by atoms with Gasteiger partial charge in [-0.3, -0.25) is 5.41 Å². The Hall–Kier alpha value is -2.62. The molecule has 1 rings (SSSR count). The average Bonchev–Trinajstić information content (AvgIpc) is 2.17. The van der Waals surface area contributed by atoms with Crippen molar-refractivity contribution in [3.8, 4) is 6.07 Å². The molecule has 0 aromatic carbocycles. The van der Waals surface area contributed by atoms with Gasteiger partial charge in [0.1, 0.15) is 23.3 Å². The summed E-state index contributed by atoms with van der Waals surface area (Å²) in [6.07, 6.45) is 1.23. The van der Waals surface area contributed by atoms with Gasteiger partial charge in [-0.15, -0.1) is 0 Å². The van der Waals surface area contributed by atoms with E-state index in [0.717, 1.165) is 0 Å². The summed E-state index contributed by atoms with van der Waals surface area (Å²) in [4.78, 5) is 14.7. The summed E-state index contributed by atoms with van der Waals surface area (Å²) in [7, 11) is 0. The van der Waals surface area contributed by atoms with Crippen LogP contribution in [-0.2, 0) is 4.79 Å². The summed E-state index contributed by atoms with van der Waals surface area (Å²) in [5.41, 5.74) is 4.74. The summed E-state index contributed by atoms with van der Waals surface area (Å²) in [5, 5.41) is 27.5. The summed E-state index contributed by atoms with van der Waals surface area (Å²) < 4.78 is 0. The highest BCUT2D eigenvalue weighted by molar-refractivity contribution is 6.18. The Kier molecular flexibility index (Phi) is 3.06. The van der Waals surface area contributed by atoms with E-state index in [1.807, 2.05) is 0 Å². The molecule has 0 atom stereocenters. The van der Waals surface area contributed by atoms with E-state index in [2.05, 4.69) is 10.3 Å². The van der Waals surface area contributed by atoms with E-state index in [0.29, 0.717) is 5.84 Å². The third-order valence-electron chi connectivity index (χ3n) is 1.82. The Morgan fingerprint density at radius 2 is 2.38 bits per heavy atom. The van der Waals surface area contributed by atoms with E-state index < -0.39 is 17.4 Å². The van der Waals surface area contributed by atoms with Crippen molar-refractivity contribution >= 4 is 17.6 Å². The quantitative estimate of drug-likeness (QED) is 0.287. The first-order chi connectivity index (χ1) is 7.47. The van der Waals surface area contributed by atoms with Gasteiger partial charge in [0.25, 0.3) is 0 Å². The van der Waals surface area contributed by atoms with Gasteiger partial charge in [0.15, 0.2) is 0 Å². The maximum atomic E-state index is 10.9. The third-order valence-corrected chi connectivity index (χ3v) is 1.82. The van der Waals surface area contributed by atoms with E-state index in [-0.39, 0.29) is 11.3 Å². The van der Waals surface area contributed by atoms with E-state index in [1.165, 1.54) is 6.20 Å². The van der Waals surface area contributed by atoms with E-state index in [1.54, 1.807) is 13.0 Å². The first-order valence-electron chi connectivity index (χ1n) is 4.21. The number of rotatable bonds is 2. The lowest BCUT2D eigenvalue weighted by Crippen LogP contribution is -2.31. The zero-order valence-electron chi connectivity index (χ0n) is 8.40. The number of hydrogen-bond acceptors (Lipinski definition) is 5. The molecule has 1 aliphatic heterocycles. The number of allylic oxidation sites excluding steroid dienone is 1. The van der Waals surface area contributed by atoms with Crippen molar-refractivity contribution in [2.24, 2.45) is 10.7 Å². The molecule has 0 fully saturated rings. The van der Waals surface area contributed by atoms with Crippen molar-refractivity contribution in [1.29, 1.82) is 10.7 Å². The topological polar surface area (TPSA) is 135 Å². The number of nitriles is 1. The van der Waals surface area contributed by atoms with Gasteiger partial charge in [0.2, 0.25) is 0 Å². The zero-order chi connectivity index (χ0) is 12.3. The maximum absolute atomic E-state index is 10.9. The fourth-order valence-electron chi connectivity index (χ4n) is 1.15. The highest BCUT2D eigenvalue weighted by Gasteiger charge is 2.22. The molecule has 0 saturated carbocycles. The van der Waals surface area contributed by atoms with Gasteiger partial charge in [-0.25, -0.2) is 9.79 Å². The molecule has 0 aromatic rings. The Labute approximate surface area is 91.1 Å². The summed E-state index contributed by atoms with van der Waals surface area (Å²) >= 11 is 0. The molecule has 0 bridgehead atoms. The molecule has 82 valence electrons. The molecule has 16 heavy (non-hydrogen) atoms. The molecule has 0 amide bonds. The van der Waals surface area contributed by atoms with Crippen LogP contribution in [0.3, 0.4) is 0 Å². The number of amidine groups is 2. The fourth-order valence-corrected chi connectivity index (χ4v) is 1.15. The molecular formula is C9H9N5O2. The minimum Gasteiger partial charge on any atom is -0.477 e. The van der Waals surface area contributed by atoms with Crippen LogP contribution in [0.2, 0.25) is 0 Å². The van der Waals surface area contributed by atoms with Crippen molar-refractivity contribution in [3.63, 3.8) is 0 Å². The van der Waals surface area contributed by atoms with Crippen LogP contribution >= 0.6 is 0 Å². The maximum Gasteiger partial charge on any atom is 0.341 e. The largest absolute Gasteiger partial charge is 0.477 e. The predicted octanol–water partition coefficient (Wildman–Crippen LogP) is -0.310. The van der Waals surface area contributed by atoms with Gasteiger partial charge < -0.3 is 16.2 Å². The SMILES string of the molecule is CC1=NC=C(C#N)/C(=C(/C(=N)N)C(=O)O)N1. The monoisotopic (exact) mass is 219 g/mol. The van der Waals surface area contributed by atoms with E-state index >= 15 is 0 Å². The van der Waals surface area contributed by atoms with Crippen molar-refractivity contribution in [2.45, 2.75) is 6.92 Å². The lowest BCUT2D eigenvalue weighted by atomic mass is 10.1. The molecule has 5 N–H and O–H groups in total. The van der Waals surface area contributed by atoms with Crippen LogP contribution in [0.1, 0.15) is 6.92 Å². The summed E-state index contributed by atoms with van der Waals surface area (Å²) in [6, 6.07) is 1.78. The number of aliphatic imine (C=N–C) groups is 1. The van der Waals surface area contributed by atoms with Gasteiger partial charge in [-0.05, 0) is 6.92 Å². The number of hydrogen-bond donors (Lipinski definition) is 4. The third kappa shape index (κ3) is 2.06. The van der Waals surface area contributed by atoms with Gasteiger partial charge in [0, 0.05) is 6.20 Å². The standard InChI is InChI=1S/C9H9N5O2/c1-4-13-3-5(2-10)7(14-4)6(8(11)12)9(15)16/h3H,1H3,(H3,11,12)(H,13,14)(H,15,16)/b7-6+. The second-order valence-electron chi connectivity index (χ2n) is 2.96. The number of nitrogens with two attached hydrogens (primary N) is 1. The van der Waals surface area contributed by atoms with Gasteiger partial charge in [0.05, 0.1) is 11.3 Å². The first kappa shape index (κ1) is 11.5. The predicted molar refractivity (Wildman–Crippen MR) is 56.5 cm³/mol. The van der Waals surface area contributed by atoms with E-state index in [4.69, 9.17) is 21.5 Å². The van der Waals surface area contributed by atoms with Crippen molar-refractivity contribution in [3.05, 3.63) is 23.0 Å². The minimum atomic E-state index is -1.37. The number of aliphatic carboxylic acids is 1. The number of nitrogens with zero attached hydrogens (tertiary/aromatic N) is 2. The van der Waals surface area contributed by atoms with E-state index in [9.17, 15) is 4.79 Å². The summed E-state index contributed by atoms with van der Waals surface area (Å²) in [5.74, 6) is -1.56. The van der Waals surface area contributed by atoms with Crippen LogP contribution in [-0.4, -0.2) is 22.7 Å². The first-order valence-corrected chi connectivity index (χ1v) is 4.21. The molecule has 1 heterocycles. The van der Waals surface area contributed by atoms with Crippen LogP contribution in [0.5, 0.6) is 0 Å². The van der Waals surface area contributed by atoms with Crippen LogP contribution < -0.4 is 11.1 Å². The molecule has 0 spiro atoms. The van der Waals surface area contributed by atoms with Crippen LogP contribution in [0.4, 0.5) is 0 Å². The van der Waals surface area contributed by atoms with Crippen molar-refractivity contribution in [2.75, 3.05) is 0 Å². The van der Waals surface area contributed by atoms with Crippen LogP contribution in [0.15, 0.2) is 28.0 Å². The van der Waals surface area contributed by atoms with Gasteiger partial charge >= 0.3 is 5.97 Å². The molecule has 0 unspecified atom stereocenters. The second-order valence-corrected chi connectivity index (χ2v) is 2.96. The Morgan fingerprint density at radius 3 is 2.81 bits per heavy atom. The van der Waals surface area contributed by atoms with Crippen LogP contribution in [0, 0.1) is 16.7 Å². The smallest absolute Gasteiger partial charge is 0.341 e. The average molecular weight is 219 g/mol. The number of carboxylic acid groups (broad SMARTS) is 1. The van der Waals surface area contributed by atoms with Gasteiger partial charge in [-0.1, -0.05) is 0 Å². The zero-order valence-corrected chi connectivity index (χ0v) is 8.40. The normalized spacial score (nSPS) is 17.5. The highest BCUT2D eigenvalue weighted by Crippen LogP contribution is 2.15. The number of carbonyl (C=O) groups is 1. The Balaban J connectivity index is 3.41. The van der Waals surface area contributed by atoms with Crippen molar-refractivity contribution in [1.82, 2.24) is 5.32 Å². The molecular weight excluding hydrogens is 210 g/mol. The van der Waals surface area contributed by atoms with Crippen molar-refractivity contribution < 1.29 is 9.90 Å². The second kappa shape index (κ2) is 4.27. The molecule has 0 saturated heterocycles. The van der Waals surface area contributed by atoms with Gasteiger partial charge in [-0.2, -0.15) is 5.26 Å². The highest BCUT2D eigenvalue weighted by atomic mass is 16.4. The Morgan fingerprint density at radius 1 is 1.75 bits per heavy atom. The number of carboxylic acids is 1. The summed E-state index contributed by atoms with van der Waals surface area (Å²) in [6.45, 7) is 1.60.